The SMILES string of the molecule is NC1CCCOC1c1cc(Br)cs1. The van der Waals surface area contributed by atoms with Gasteiger partial charge in [0.25, 0.3) is 0 Å². The van der Waals surface area contributed by atoms with Crippen molar-refractivity contribution in [2.75, 3.05) is 6.61 Å². The zero-order chi connectivity index (χ0) is 9.26. The normalized spacial score (nSPS) is 29.1. The molecular formula is C9H12BrNOS. The molecule has 1 aromatic heterocycles. The van der Waals surface area contributed by atoms with Crippen LogP contribution in [-0.4, -0.2) is 12.6 Å². The Balaban J connectivity index is 2.14. The zero-order valence-electron chi connectivity index (χ0n) is 7.20. The lowest BCUT2D eigenvalue weighted by atomic mass is 10.0. The second-order valence-corrected chi connectivity index (χ2v) is 5.12. The van der Waals surface area contributed by atoms with Gasteiger partial charge in [0.1, 0.15) is 6.10 Å². The minimum absolute atomic E-state index is 0.116. The lowest BCUT2D eigenvalue weighted by Gasteiger charge is -2.27. The van der Waals surface area contributed by atoms with Crippen LogP contribution >= 0.6 is 27.3 Å². The number of ether oxygens (including phenoxy) is 1. The molecule has 13 heavy (non-hydrogen) atoms. The van der Waals surface area contributed by atoms with Crippen LogP contribution in [0.2, 0.25) is 0 Å². The van der Waals surface area contributed by atoms with Gasteiger partial charge >= 0.3 is 0 Å². The molecule has 1 fully saturated rings. The highest BCUT2D eigenvalue weighted by molar-refractivity contribution is 9.10. The zero-order valence-corrected chi connectivity index (χ0v) is 9.61. The summed E-state index contributed by atoms with van der Waals surface area (Å²) in [6.45, 7) is 0.841. The van der Waals surface area contributed by atoms with Crippen molar-refractivity contribution in [2.45, 2.75) is 25.0 Å². The number of halogens is 1. The van der Waals surface area contributed by atoms with E-state index >= 15 is 0 Å². The summed E-state index contributed by atoms with van der Waals surface area (Å²) in [7, 11) is 0. The van der Waals surface area contributed by atoms with Crippen LogP contribution in [0.25, 0.3) is 0 Å². The smallest absolute Gasteiger partial charge is 0.107 e. The van der Waals surface area contributed by atoms with Crippen molar-refractivity contribution < 1.29 is 4.74 Å². The van der Waals surface area contributed by atoms with E-state index in [9.17, 15) is 0 Å². The molecule has 0 spiro atoms. The standard InChI is InChI=1S/C9H12BrNOS/c10-6-4-8(13-5-6)9-7(11)2-1-3-12-9/h4-5,7,9H,1-3,11H2. The molecule has 0 aromatic carbocycles. The second kappa shape index (κ2) is 4.09. The van der Waals surface area contributed by atoms with E-state index in [0.29, 0.717) is 0 Å². The molecule has 1 saturated heterocycles. The average Bonchev–Trinajstić information content (AvgIpc) is 2.53. The maximum atomic E-state index is 5.99. The molecule has 1 aromatic rings. The lowest BCUT2D eigenvalue weighted by Crippen LogP contribution is -2.33. The third-order valence-corrected chi connectivity index (χ3v) is 3.99. The predicted molar refractivity (Wildman–Crippen MR) is 57.9 cm³/mol. The molecule has 2 nitrogen and oxygen atoms in total. The number of hydrogen-bond donors (Lipinski definition) is 1. The van der Waals surface area contributed by atoms with Gasteiger partial charge in [-0.3, -0.25) is 0 Å². The molecule has 0 radical (unpaired) electrons. The number of rotatable bonds is 1. The number of hydrogen-bond acceptors (Lipinski definition) is 3. The van der Waals surface area contributed by atoms with Crippen LogP contribution in [0.15, 0.2) is 15.9 Å². The highest BCUT2D eigenvalue weighted by Crippen LogP contribution is 2.32. The van der Waals surface area contributed by atoms with Crippen molar-refractivity contribution in [2.24, 2.45) is 5.73 Å². The molecule has 0 amide bonds. The Bertz CT molecular complexity index is 289. The van der Waals surface area contributed by atoms with Crippen LogP contribution in [0, 0.1) is 0 Å². The Kier molecular flexibility index (Phi) is 3.03. The van der Waals surface area contributed by atoms with Gasteiger partial charge in [-0.15, -0.1) is 11.3 Å². The Labute approximate surface area is 90.2 Å². The van der Waals surface area contributed by atoms with E-state index < -0.39 is 0 Å². The molecule has 2 N–H and O–H groups in total. The molecule has 2 heterocycles. The largest absolute Gasteiger partial charge is 0.371 e. The molecule has 0 saturated carbocycles. The van der Waals surface area contributed by atoms with Crippen molar-refractivity contribution in [3.63, 3.8) is 0 Å². The fourth-order valence-electron chi connectivity index (χ4n) is 1.57. The summed E-state index contributed by atoms with van der Waals surface area (Å²) in [5.74, 6) is 0. The summed E-state index contributed by atoms with van der Waals surface area (Å²) in [5.41, 5.74) is 5.99. The van der Waals surface area contributed by atoms with Gasteiger partial charge in [0.2, 0.25) is 0 Å². The summed E-state index contributed by atoms with van der Waals surface area (Å²) in [4.78, 5) is 1.24. The highest BCUT2D eigenvalue weighted by atomic mass is 79.9. The van der Waals surface area contributed by atoms with Crippen molar-refractivity contribution in [3.05, 3.63) is 20.8 Å². The quantitative estimate of drug-likeness (QED) is 0.844. The topological polar surface area (TPSA) is 35.2 Å². The average molecular weight is 262 g/mol. The van der Waals surface area contributed by atoms with Crippen LogP contribution in [0.4, 0.5) is 0 Å². The van der Waals surface area contributed by atoms with E-state index in [1.165, 1.54) is 4.88 Å². The first-order valence-electron chi connectivity index (χ1n) is 4.38. The maximum Gasteiger partial charge on any atom is 0.107 e. The van der Waals surface area contributed by atoms with E-state index in [0.717, 1.165) is 23.9 Å². The minimum atomic E-state index is 0.116. The molecule has 0 bridgehead atoms. The van der Waals surface area contributed by atoms with Gasteiger partial charge in [-0.05, 0) is 34.8 Å². The van der Waals surface area contributed by atoms with Crippen molar-refractivity contribution in [3.8, 4) is 0 Å². The second-order valence-electron chi connectivity index (χ2n) is 3.26. The maximum absolute atomic E-state index is 5.99. The van der Waals surface area contributed by atoms with Crippen LogP contribution in [0.1, 0.15) is 23.8 Å². The summed E-state index contributed by atoms with van der Waals surface area (Å²) < 4.78 is 6.77. The summed E-state index contributed by atoms with van der Waals surface area (Å²) in [6.07, 6.45) is 2.27. The first-order chi connectivity index (χ1) is 6.27. The first-order valence-corrected chi connectivity index (χ1v) is 6.06. The number of thiophene rings is 1. The van der Waals surface area contributed by atoms with E-state index in [4.69, 9.17) is 10.5 Å². The van der Waals surface area contributed by atoms with E-state index in [-0.39, 0.29) is 12.1 Å². The van der Waals surface area contributed by atoms with Crippen LogP contribution in [0.5, 0.6) is 0 Å². The monoisotopic (exact) mass is 261 g/mol. The van der Waals surface area contributed by atoms with Crippen molar-refractivity contribution >= 4 is 27.3 Å². The Morgan fingerprint density at radius 3 is 3.08 bits per heavy atom. The van der Waals surface area contributed by atoms with Gasteiger partial charge in [-0.25, -0.2) is 0 Å². The molecular weight excluding hydrogens is 250 g/mol. The lowest BCUT2D eigenvalue weighted by molar-refractivity contribution is 0.00233. The first kappa shape index (κ1) is 9.65. The minimum Gasteiger partial charge on any atom is -0.371 e. The predicted octanol–water partition coefficient (Wildman–Crippen LogP) is 2.69. The highest BCUT2D eigenvalue weighted by Gasteiger charge is 2.25. The van der Waals surface area contributed by atoms with Crippen LogP contribution in [-0.2, 0) is 4.74 Å². The number of nitrogens with two attached hydrogens (primary N) is 1. The van der Waals surface area contributed by atoms with Gasteiger partial charge in [-0.2, -0.15) is 0 Å². The molecule has 72 valence electrons. The van der Waals surface area contributed by atoms with Gasteiger partial charge in [0.05, 0.1) is 0 Å². The molecule has 4 heteroatoms. The van der Waals surface area contributed by atoms with Crippen molar-refractivity contribution in [1.82, 2.24) is 0 Å². The van der Waals surface area contributed by atoms with Crippen LogP contribution < -0.4 is 5.73 Å². The summed E-state index contributed by atoms with van der Waals surface area (Å²) in [5, 5.41) is 2.07. The van der Waals surface area contributed by atoms with E-state index in [1.54, 1.807) is 11.3 Å². The van der Waals surface area contributed by atoms with Gasteiger partial charge in [0, 0.05) is 27.4 Å². The van der Waals surface area contributed by atoms with Gasteiger partial charge < -0.3 is 10.5 Å². The fraction of sp³-hybridized carbons (Fsp3) is 0.556. The summed E-state index contributed by atoms with van der Waals surface area (Å²) >= 11 is 5.14. The fourth-order valence-corrected chi connectivity index (χ4v) is 3.14. The third-order valence-electron chi connectivity index (χ3n) is 2.24. The Hall–Kier alpha value is 0.1000. The molecule has 2 atom stereocenters. The van der Waals surface area contributed by atoms with E-state index in [2.05, 4.69) is 27.4 Å². The molecule has 1 aliphatic heterocycles. The van der Waals surface area contributed by atoms with Crippen molar-refractivity contribution in [1.29, 1.82) is 0 Å². The summed E-state index contributed by atoms with van der Waals surface area (Å²) in [6, 6.07) is 2.26. The Morgan fingerprint density at radius 1 is 1.62 bits per heavy atom. The molecule has 1 aliphatic rings. The van der Waals surface area contributed by atoms with Gasteiger partial charge in [0.15, 0.2) is 0 Å². The third kappa shape index (κ3) is 2.13. The van der Waals surface area contributed by atoms with Gasteiger partial charge in [-0.1, -0.05) is 0 Å². The Morgan fingerprint density at radius 2 is 2.46 bits per heavy atom. The molecule has 2 rings (SSSR count). The van der Waals surface area contributed by atoms with E-state index in [1.807, 2.05) is 0 Å². The van der Waals surface area contributed by atoms with Crippen LogP contribution in [0.3, 0.4) is 0 Å². The molecule has 0 aliphatic carbocycles. The molecule has 2 unspecified atom stereocenters.